The summed E-state index contributed by atoms with van der Waals surface area (Å²) in [5.41, 5.74) is 0.292. The van der Waals surface area contributed by atoms with Crippen LogP contribution >= 0.6 is 0 Å². The van der Waals surface area contributed by atoms with E-state index in [-0.39, 0.29) is 23.4 Å². The largest absolute Gasteiger partial charge is 0.335 e. The molecule has 0 bridgehead atoms. The van der Waals surface area contributed by atoms with Gasteiger partial charge in [0, 0.05) is 24.5 Å². The van der Waals surface area contributed by atoms with Crippen LogP contribution in [0.3, 0.4) is 0 Å². The molecule has 1 saturated carbocycles. The average Bonchev–Trinajstić information content (AvgIpc) is 2.65. The number of rotatable bonds is 5. The van der Waals surface area contributed by atoms with Crippen molar-refractivity contribution in [2.24, 2.45) is 5.92 Å². The molecule has 3 rings (SSSR count). The van der Waals surface area contributed by atoms with E-state index in [0.717, 1.165) is 12.8 Å². The summed E-state index contributed by atoms with van der Waals surface area (Å²) in [6.07, 6.45) is 5.72. The van der Waals surface area contributed by atoms with Crippen LogP contribution in [-0.4, -0.2) is 33.2 Å². The molecule has 0 N–H and O–H groups in total. The van der Waals surface area contributed by atoms with Gasteiger partial charge in [-0.2, -0.15) is 5.10 Å². The standard InChI is InChI=1S/C21H29N3O2/c1-4-23(16-10-6-5-7-11-16)21(26)19-17-12-8-9-13-18(17)20(25)24(22-19)14-15(2)3/h8-9,12-13,15-16H,4-7,10-11,14H2,1-3H3. The topological polar surface area (TPSA) is 55.2 Å². The second-order valence-electron chi connectivity index (χ2n) is 7.66. The molecule has 1 aliphatic carbocycles. The Morgan fingerprint density at radius 1 is 1.19 bits per heavy atom. The normalized spacial score (nSPS) is 15.5. The Bertz CT molecular complexity index is 835. The molecule has 1 aromatic heterocycles. The molecule has 0 aliphatic heterocycles. The Kier molecular flexibility index (Phi) is 5.74. The van der Waals surface area contributed by atoms with Crippen molar-refractivity contribution in [3.8, 4) is 0 Å². The molecule has 0 unspecified atom stereocenters. The van der Waals surface area contributed by atoms with E-state index in [2.05, 4.69) is 5.10 Å². The van der Waals surface area contributed by atoms with Gasteiger partial charge in [0.2, 0.25) is 0 Å². The summed E-state index contributed by atoms with van der Waals surface area (Å²) in [7, 11) is 0. The molecular weight excluding hydrogens is 326 g/mol. The summed E-state index contributed by atoms with van der Waals surface area (Å²) in [5.74, 6) is 0.234. The highest BCUT2D eigenvalue weighted by Crippen LogP contribution is 2.25. The minimum Gasteiger partial charge on any atom is -0.335 e. The van der Waals surface area contributed by atoms with Gasteiger partial charge in [-0.05, 0) is 31.7 Å². The van der Waals surface area contributed by atoms with Gasteiger partial charge in [0.05, 0.1) is 5.39 Å². The Morgan fingerprint density at radius 2 is 1.85 bits per heavy atom. The van der Waals surface area contributed by atoms with Gasteiger partial charge in [0.25, 0.3) is 11.5 Å². The minimum absolute atomic E-state index is 0.0480. The van der Waals surface area contributed by atoms with Crippen molar-refractivity contribution in [1.29, 1.82) is 0 Å². The zero-order valence-corrected chi connectivity index (χ0v) is 16.1. The average molecular weight is 355 g/mol. The first-order chi connectivity index (χ1) is 12.5. The minimum atomic E-state index is -0.119. The Labute approximate surface area is 155 Å². The monoisotopic (exact) mass is 355 g/mol. The molecule has 1 amide bonds. The van der Waals surface area contributed by atoms with Gasteiger partial charge >= 0.3 is 0 Å². The second-order valence-corrected chi connectivity index (χ2v) is 7.66. The van der Waals surface area contributed by atoms with Gasteiger partial charge in [-0.25, -0.2) is 4.68 Å². The van der Waals surface area contributed by atoms with Crippen LogP contribution in [0.15, 0.2) is 29.1 Å². The second kappa shape index (κ2) is 8.02. The zero-order chi connectivity index (χ0) is 18.7. The van der Waals surface area contributed by atoms with Crippen LogP contribution in [0.4, 0.5) is 0 Å². The van der Waals surface area contributed by atoms with E-state index < -0.39 is 0 Å². The fourth-order valence-corrected chi connectivity index (χ4v) is 3.96. The third-order valence-corrected chi connectivity index (χ3v) is 5.23. The summed E-state index contributed by atoms with van der Waals surface area (Å²) >= 11 is 0. The zero-order valence-electron chi connectivity index (χ0n) is 16.1. The molecule has 1 aliphatic rings. The number of fused-ring (bicyclic) bond motifs is 1. The third kappa shape index (κ3) is 3.67. The number of carbonyl (C=O) groups is 1. The first kappa shape index (κ1) is 18.6. The highest BCUT2D eigenvalue weighted by Gasteiger charge is 2.28. The Morgan fingerprint density at radius 3 is 2.46 bits per heavy atom. The van der Waals surface area contributed by atoms with Gasteiger partial charge in [-0.1, -0.05) is 51.3 Å². The van der Waals surface area contributed by atoms with Crippen LogP contribution < -0.4 is 5.56 Å². The van der Waals surface area contributed by atoms with Crippen LogP contribution in [0.2, 0.25) is 0 Å². The highest BCUT2D eigenvalue weighted by molar-refractivity contribution is 6.04. The molecule has 140 valence electrons. The predicted octanol–water partition coefficient (Wildman–Crippen LogP) is 3.85. The van der Waals surface area contributed by atoms with E-state index in [9.17, 15) is 9.59 Å². The van der Waals surface area contributed by atoms with Gasteiger partial charge in [-0.15, -0.1) is 0 Å². The summed E-state index contributed by atoms with van der Waals surface area (Å²) in [6, 6.07) is 7.63. The van der Waals surface area contributed by atoms with Gasteiger partial charge < -0.3 is 4.90 Å². The van der Waals surface area contributed by atoms with Crippen molar-refractivity contribution in [3.05, 3.63) is 40.3 Å². The number of nitrogens with zero attached hydrogens (tertiary/aromatic N) is 3. The van der Waals surface area contributed by atoms with Crippen molar-refractivity contribution < 1.29 is 4.79 Å². The molecule has 1 aromatic carbocycles. The number of hydrogen-bond donors (Lipinski definition) is 0. The lowest BCUT2D eigenvalue weighted by Crippen LogP contribution is -2.42. The first-order valence-corrected chi connectivity index (χ1v) is 9.83. The molecule has 1 heterocycles. The molecule has 0 atom stereocenters. The number of hydrogen-bond acceptors (Lipinski definition) is 3. The van der Waals surface area contributed by atoms with E-state index in [1.165, 1.54) is 23.9 Å². The van der Waals surface area contributed by atoms with E-state index >= 15 is 0 Å². The SMILES string of the molecule is CCN(C(=O)c1nn(CC(C)C)c(=O)c2ccccc12)C1CCCCC1. The van der Waals surface area contributed by atoms with Crippen molar-refractivity contribution in [2.75, 3.05) is 6.54 Å². The van der Waals surface area contributed by atoms with Crippen molar-refractivity contribution in [2.45, 2.75) is 65.5 Å². The van der Waals surface area contributed by atoms with E-state index in [1.54, 1.807) is 6.07 Å². The van der Waals surface area contributed by atoms with Crippen LogP contribution in [-0.2, 0) is 6.54 Å². The number of amides is 1. The van der Waals surface area contributed by atoms with Crippen molar-refractivity contribution in [3.63, 3.8) is 0 Å². The smallest absolute Gasteiger partial charge is 0.275 e. The fourth-order valence-electron chi connectivity index (χ4n) is 3.96. The maximum absolute atomic E-state index is 13.4. The van der Waals surface area contributed by atoms with Crippen LogP contribution in [0.5, 0.6) is 0 Å². The Hall–Kier alpha value is -2.17. The predicted molar refractivity (Wildman–Crippen MR) is 104 cm³/mol. The van der Waals surface area contributed by atoms with Crippen molar-refractivity contribution >= 4 is 16.7 Å². The van der Waals surface area contributed by atoms with E-state index in [4.69, 9.17) is 0 Å². The number of carbonyl (C=O) groups excluding carboxylic acids is 1. The Balaban J connectivity index is 2.08. The number of benzene rings is 1. The lowest BCUT2D eigenvalue weighted by Gasteiger charge is -2.33. The summed E-state index contributed by atoms with van der Waals surface area (Å²) < 4.78 is 1.47. The van der Waals surface area contributed by atoms with E-state index in [1.807, 2.05) is 43.9 Å². The lowest BCUT2D eigenvalue weighted by molar-refractivity contribution is 0.0641. The molecule has 0 radical (unpaired) electrons. The molecular formula is C21H29N3O2. The van der Waals surface area contributed by atoms with Gasteiger partial charge in [-0.3, -0.25) is 9.59 Å². The fraction of sp³-hybridized carbons (Fsp3) is 0.571. The summed E-state index contributed by atoms with van der Waals surface area (Å²) in [4.78, 5) is 28.1. The van der Waals surface area contributed by atoms with Crippen LogP contribution in [0, 0.1) is 5.92 Å². The molecule has 26 heavy (non-hydrogen) atoms. The third-order valence-electron chi connectivity index (χ3n) is 5.23. The number of aromatic nitrogens is 2. The van der Waals surface area contributed by atoms with Crippen molar-refractivity contribution in [1.82, 2.24) is 14.7 Å². The van der Waals surface area contributed by atoms with E-state index in [0.29, 0.717) is 29.6 Å². The van der Waals surface area contributed by atoms with Crippen LogP contribution in [0.25, 0.3) is 10.8 Å². The summed E-state index contributed by atoms with van der Waals surface area (Å²) in [5, 5.41) is 5.76. The van der Waals surface area contributed by atoms with Crippen LogP contribution in [0.1, 0.15) is 63.4 Å². The summed E-state index contributed by atoms with van der Waals surface area (Å²) in [6.45, 7) is 7.30. The molecule has 2 aromatic rings. The maximum atomic E-state index is 13.4. The van der Waals surface area contributed by atoms with Gasteiger partial charge in [0.1, 0.15) is 0 Å². The molecule has 5 nitrogen and oxygen atoms in total. The molecule has 0 saturated heterocycles. The lowest BCUT2D eigenvalue weighted by atomic mass is 9.94. The highest BCUT2D eigenvalue weighted by atomic mass is 16.2. The maximum Gasteiger partial charge on any atom is 0.275 e. The molecule has 5 heteroatoms. The first-order valence-electron chi connectivity index (χ1n) is 9.83. The molecule has 0 spiro atoms. The van der Waals surface area contributed by atoms with Gasteiger partial charge in [0.15, 0.2) is 5.69 Å². The quantitative estimate of drug-likeness (QED) is 0.819. The molecule has 1 fully saturated rings.